The van der Waals surface area contributed by atoms with E-state index in [9.17, 15) is 14.4 Å². The molecule has 0 unspecified atom stereocenters. The summed E-state index contributed by atoms with van der Waals surface area (Å²) >= 11 is 0. The molecule has 8 heteroatoms. The number of hydrogen-bond acceptors (Lipinski definition) is 6. The van der Waals surface area contributed by atoms with Gasteiger partial charge in [0.1, 0.15) is 5.75 Å². The molecule has 0 fully saturated rings. The first kappa shape index (κ1) is 22.1. The van der Waals surface area contributed by atoms with E-state index in [1.807, 2.05) is 25.1 Å². The van der Waals surface area contributed by atoms with Crippen molar-refractivity contribution in [1.82, 2.24) is 5.32 Å². The highest BCUT2D eigenvalue weighted by atomic mass is 16.5. The van der Waals surface area contributed by atoms with Crippen LogP contribution in [0.4, 0.5) is 11.4 Å². The molecule has 1 aliphatic rings. The third kappa shape index (κ3) is 5.53. The van der Waals surface area contributed by atoms with Crippen LogP contribution in [0, 0.1) is 0 Å². The van der Waals surface area contributed by atoms with E-state index in [0.29, 0.717) is 18.0 Å². The number of esters is 1. The molecule has 1 aliphatic heterocycles. The molecule has 2 N–H and O–H groups in total. The van der Waals surface area contributed by atoms with Crippen LogP contribution in [0.1, 0.15) is 30.6 Å². The Kier molecular flexibility index (Phi) is 7.48. The molecule has 31 heavy (non-hydrogen) atoms. The molecular weight excluding hydrogens is 398 g/mol. The third-order valence-electron chi connectivity index (χ3n) is 4.73. The molecule has 1 heterocycles. The summed E-state index contributed by atoms with van der Waals surface area (Å²) in [6.45, 7) is 4.73. The predicted molar refractivity (Wildman–Crippen MR) is 117 cm³/mol. The SMILES string of the molecule is CCCNC(=O)[C@@H]1CN(CC(=O)Nc2ccccc2C(=O)OCC)c2ccccc2O1. The molecule has 0 saturated heterocycles. The maximum atomic E-state index is 12.8. The number of benzene rings is 2. The van der Waals surface area contributed by atoms with Crippen LogP contribution < -0.4 is 20.3 Å². The van der Waals surface area contributed by atoms with E-state index in [0.717, 1.165) is 12.1 Å². The fraction of sp³-hybridized carbons (Fsp3) is 0.348. The van der Waals surface area contributed by atoms with Gasteiger partial charge in [0.05, 0.1) is 36.6 Å². The normalized spacial score (nSPS) is 14.8. The van der Waals surface area contributed by atoms with E-state index >= 15 is 0 Å². The average molecular weight is 425 g/mol. The first-order chi connectivity index (χ1) is 15.0. The fourth-order valence-electron chi connectivity index (χ4n) is 3.30. The summed E-state index contributed by atoms with van der Waals surface area (Å²) in [5, 5.41) is 5.62. The summed E-state index contributed by atoms with van der Waals surface area (Å²) in [6.07, 6.45) is 0.0992. The number of hydrogen-bond donors (Lipinski definition) is 2. The summed E-state index contributed by atoms with van der Waals surface area (Å²) in [5.41, 5.74) is 1.40. The third-order valence-corrected chi connectivity index (χ3v) is 4.73. The molecule has 3 rings (SSSR count). The summed E-state index contributed by atoms with van der Waals surface area (Å²) in [7, 11) is 0. The van der Waals surface area contributed by atoms with Crippen LogP contribution >= 0.6 is 0 Å². The highest BCUT2D eigenvalue weighted by Crippen LogP contribution is 2.33. The topological polar surface area (TPSA) is 97.0 Å². The van der Waals surface area contributed by atoms with Gasteiger partial charge in [-0.1, -0.05) is 31.2 Å². The van der Waals surface area contributed by atoms with Crippen molar-refractivity contribution in [1.29, 1.82) is 0 Å². The Balaban J connectivity index is 1.74. The zero-order valence-corrected chi connectivity index (χ0v) is 17.7. The van der Waals surface area contributed by atoms with Gasteiger partial charge < -0.3 is 25.0 Å². The number of nitrogens with one attached hydrogen (secondary N) is 2. The van der Waals surface area contributed by atoms with Gasteiger partial charge in [0.15, 0.2) is 6.10 Å². The minimum atomic E-state index is -0.721. The van der Waals surface area contributed by atoms with Gasteiger partial charge in [0.25, 0.3) is 5.91 Å². The van der Waals surface area contributed by atoms with E-state index in [2.05, 4.69) is 10.6 Å². The number of rotatable bonds is 8. The van der Waals surface area contributed by atoms with Gasteiger partial charge in [-0.05, 0) is 37.6 Å². The number of amides is 2. The second-order valence-corrected chi connectivity index (χ2v) is 7.06. The minimum Gasteiger partial charge on any atom is -0.477 e. The van der Waals surface area contributed by atoms with Gasteiger partial charge in [-0.25, -0.2) is 4.79 Å². The van der Waals surface area contributed by atoms with Gasteiger partial charge in [0.2, 0.25) is 5.91 Å². The summed E-state index contributed by atoms with van der Waals surface area (Å²) in [6, 6.07) is 14.0. The number of carbonyl (C=O) groups is 3. The Bertz CT molecular complexity index is 946. The Labute approximate surface area is 181 Å². The molecule has 0 aliphatic carbocycles. The molecule has 0 bridgehead atoms. The summed E-state index contributed by atoms with van der Waals surface area (Å²) in [5.74, 6) is -0.483. The van der Waals surface area contributed by atoms with Crippen molar-refractivity contribution in [2.75, 3.05) is 36.5 Å². The molecule has 1 atom stereocenters. The molecule has 164 valence electrons. The highest BCUT2D eigenvalue weighted by Gasteiger charge is 2.31. The second kappa shape index (κ2) is 10.5. The van der Waals surface area contributed by atoms with Crippen molar-refractivity contribution >= 4 is 29.2 Å². The number of para-hydroxylation sites is 3. The quantitative estimate of drug-likeness (QED) is 0.631. The van der Waals surface area contributed by atoms with Crippen molar-refractivity contribution < 1.29 is 23.9 Å². The highest BCUT2D eigenvalue weighted by molar-refractivity contribution is 6.02. The lowest BCUT2D eigenvalue weighted by Gasteiger charge is -2.35. The van der Waals surface area contributed by atoms with Crippen molar-refractivity contribution in [3.8, 4) is 5.75 Å². The maximum absolute atomic E-state index is 12.8. The van der Waals surface area contributed by atoms with E-state index in [1.54, 1.807) is 42.2 Å². The molecule has 0 saturated carbocycles. The maximum Gasteiger partial charge on any atom is 0.340 e. The van der Waals surface area contributed by atoms with Crippen LogP contribution in [0.25, 0.3) is 0 Å². The van der Waals surface area contributed by atoms with Gasteiger partial charge in [0, 0.05) is 6.54 Å². The Hall–Kier alpha value is -3.55. The Morgan fingerprint density at radius 1 is 1.10 bits per heavy atom. The zero-order valence-electron chi connectivity index (χ0n) is 17.7. The number of fused-ring (bicyclic) bond motifs is 1. The fourth-order valence-corrected chi connectivity index (χ4v) is 3.30. The first-order valence-corrected chi connectivity index (χ1v) is 10.4. The van der Waals surface area contributed by atoms with Gasteiger partial charge in [-0.15, -0.1) is 0 Å². The monoisotopic (exact) mass is 425 g/mol. The number of ether oxygens (including phenoxy) is 2. The summed E-state index contributed by atoms with van der Waals surface area (Å²) in [4.78, 5) is 39.2. The van der Waals surface area contributed by atoms with Gasteiger partial charge in [-0.3, -0.25) is 9.59 Å². The molecule has 0 aromatic heterocycles. The van der Waals surface area contributed by atoms with E-state index in [-0.39, 0.29) is 37.1 Å². The minimum absolute atomic E-state index is 0.00487. The molecule has 2 aromatic rings. The number of nitrogens with zero attached hydrogens (tertiary/aromatic N) is 1. The van der Waals surface area contributed by atoms with Gasteiger partial charge >= 0.3 is 5.97 Å². The number of carbonyl (C=O) groups excluding carboxylic acids is 3. The van der Waals surface area contributed by atoms with Crippen LogP contribution in [0.2, 0.25) is 0 Å². The van der Waals surface area contributed by atoms with E-state index in [1.165, 1.54) is 0 Å². The Morgan fingerprint density at radius 2 is 1.84 bits per heavy atom. The standard InChI is InChI=1S/C23H27N3O5/c1-3-13-24-22(28)20-14-26(18-11-7-8-12-19(18)31-20)15-21(27)25-17-10-6-5-9-16(17)23(29)30-4-2/h5-12,20H,3-4,13-15H2,1-2H3,(H,24,28)(H,25,27)/t20-/m0/s1. The molecular formula is C23H27N3O5. The lowest BCUT2D eigenvalue weighted by molar-refractivity contribution is -0.128. The number of anilines is 2. The van der Waals surface area contributed by atoms with Crippen LogP contribution in [0.5, 0.6) is 5.75 Å². The van der Waals surface area contributed by atoms with Crippen molar-refractivity contribution in [2.24, 2.45) is 0 Å². The second-order valence-electron chi connectivity index (χ2n) is 7.06. The summed E-state index contributed by atoms with van der Waals surface area (Å²) < 4.78 is 10.9. The lowest BCUT2D eigenvalue weighted by atomic mass is 10.1. The van der Waals surface area contributed by atoms with Crippen LogP contribution in [-0.4, -0.2) is 50.1 Å². The van der Waals surface area contributed by atoms with Crippen LogP contribution in [0.15, 0.2) is 48.5 Å². The molecule has 8 nitrogen and oxygen atoms in total. The molecule has 0 spiro atoms. The zero-order chi connectivity index (χ0) is 22.2. The van der Waals surface area contributed by atoms with Crippen molar-refractivity contribution in [3.63, 3.8) is 0 Å². The van der Waals surface area contributed by atoms with E-state index in [4.69, 9.17) is 9.47 Å². The van der Waals surface area contributed by atoms with Gasteiger partial charge in [-0.2, -0.15) is 0 Å². The Morgan fingerprint density at radius 3 is 2.61 bits per heavy atom. The van der Waals surface area contributed by atoms with Crippen LogP contribution in [0.3, 0.4) is 0 Å². The lowest BCUT2D eigenvalue weighted by Crippen LogP contribution is -2.50. The smallest absolute Gasteiger partial charge is 0.340 e. The van der Waals surface area contributed by atoms with Crippen LogP contribution in [-0.2, 0) is 14.3 Å². The first-order valence-electron chi connectivity index (χ1n) is 10.4. The van der Waals surface area contributed by atoms with E-state index < -0.39 is 12.1 Å². The predicted octanol–water partition coefficient (Wildman–Crippen LogP) is 2.60. The van der Waals surface area contributed by atoms with Crippen molar-refractivity contribution in [3.05, 3.63) is 54.1 Å². The van der Waals surface area contributed by atoms with Crippen molar-refractivity contribution in [2.45, 2.75) is 26.4 Å². The molecule has 0 radical (unpaired) electrons. The molecule has 2 aromatic carbocycles. The largest absolute Gasteiger partial charge is 0.477 e. The average Bonchev–Trinajstić information content (AvgIpc) is 2.77. The molecule has 2 amide bonds.